The van der Waals surface area contributed by atoms with Crippen LogP contribution in [0, 0.1) is 0 Å². The number of carboxylic acids is 1. The molecular weight excluding hydrogens is 160 g/mol. The highest BCUT2D eigenvalue weighted by Gasteiger charge is 2.36. The van der Waals surface area contributed by atoms with Crippen LogP contribution in [0.3, 0.4) is 0 Å². The summed E-state index contributed by atoms with van der Waals surface area (Å²) in [7, 11) is 0. The van der Waals surface area contributed by atoms with Crippen LogP contribution < -0.4 is 5.73 Å². The molecule has 1 aliphatic rings. The standard InChI is InChI=1S/C7H12N2O3/c1-4(10)9-3-5(8)2-6(9)7(11)12/h5-6H,2-3,8H2,1H3,(H,11,12)/t5-,6-/m0/s1. The Balaban J connectivity index is 2.72. The van der Waals surface area contributed by atoms with E-state index in [1.54, 1.807) is 0 Å². The van der Waals surface area contributed by atoms with Gasteiger partial charge in [0.1, 0.15) is 6.04 Å². The Kier molecular flexibility index (Phi) is 2.32. The first-order valence-electron chi connectivity index (χ1n) is 3.78. The molecule has 68 valence electrons. The highest BCUT2D eigenvalue weighted by Crippen LogP contribution is 2.16. The molecule has 5 nitrogen and oxygen atoms in total. The van der Waals surface area contributed by atoms with Gasteiger partial charge in [-0.1, -0.05) is 0 Å². The lowest BCUT2D eigenvalue weighted by Gasteiger charge is -2.18. The van der Waals surface area contributed by atoms with E-state index in [-0.39, 0.29) is 11.9 Å². The van der Waals surface area contributed by atoms with Crippen molar-refractivity contribution in [3.05, 3.63) is 0 Å². The largest absolute Gasteiger partial charge is 0.480 e. The van der Waals surface area contributed by atoms with E-state index in [2.05, 4.69) is 0 Å². The first-order valence-corrected chi connectivity index (χ1v) is 3.78. The first kappa shape index (κ1) is 8.99. The predicted octanol–water partition coefficient (Wildman–Crippen LogP) is -0.981. The minimum Gasteiger partial charge on any atom is -0.480 e. The van der Waals surface area contributed by atoms with Gasteiger partial charge >= 0.3 is 5.97 Å². The fraction of sp³-hybridized carbons (Fsp3) is 0.714. The topological polar surface area (TPSA) is 83.6 Å². The summed E-state index contributed by atoms with van der Waals surface area (Å²) in [6.45, 7) is 1.71. The Morgan fingerprint density at radius 2 is 2.17 bits per heavy atom. The van der Waals surface area contributed by atoms with Gasteiger partial charge in [0.2, 0.25) is 5.91 Å². The summed E-state index contributed by atoms with van der Waals surface area (Å²) in [4.78, 5) is 22.8. The third-order valence-corrected chi connectivity index (χ3v) is 2.02. The summed E-state index contributed by atoms with van der Waals surface area (Å²) in [5, 5.41) is 8.70. The van der Waals surface area contributed by atoms with Gasteiger partial charge in [0.25, 0.3) is 0 Å². The number of hydrogen-bond acceptors (Lipinski definition) is 3. The normalized spacial score (nSPS) is 29.0. The van der Waals surface area contributed by atoms with E-state index in [1.807, 2.05) is 0 Å². The van der Waals surface area contributed by atoms with Gasteiger partial charge in [-0.3, -0.25) is 4.79 Å². The van der Waals surface area contributed by atoms with Crippen LogP contribution in [0.1, 0.15) is 13.3 Å². The maximum absolute atomic E-state index is 10.9. The molecular formula is C7H12N2O3. The fourth-order valence-electron chi connectivity index (χ4n) is 1.45. The van der Waals surface area contributed by atoms with E-state index in [4.69, 9.17) is 10.8 Å². The minimum atomic E-state index is -0.974. The maximum Gasteiger partial charge on any atom is 0.326 e. The number of aliphatic carboxylic acids is 1. The van der Waals surface area contributed by atoms with Gasteiger partial charge in [-0.15, -0.1) is 0 Å². The van der Waals surface area contributed by atoms with E-state index in [9.17, 15) is 9.59 Å². The Morgan fingerprint density at radius 1 is 1.58 bits per heavy atom. The van der Waals surface area contributed by atoms with Gasteiger partial charge in [0.05, 0.1) is 0 Å². The Bertz CT molecular complexity index is 195. The smallest absolute Gasteiger partial charge is 0.326 e. The Morgan fingerprint density at radius 3 is 2.50 bits per heavy atom. The molecule has 1 saturated heterocycles. The zero-order valence-electron chi connectivity index (χ0n) is 6.86. The summed E-state index contributed by atoms with van der Waals surface area (Å²) in [6, 6.07) is -0.924. The van der Waals surface area contributed by atoms with Crippen LogP contribution in [0.2, 0.25) is 0 Å². The Labute approximate surface area is 70.1 Å². The number of hydrogen-bond donors (Lipinski definition) is 2. The zero-order valence-corrected chi connectivity index (χ0v) is 6.86. The number of carboxylic acid groups (broad SMARTS) is 1. The van der Waals surface area contributed by atoms with Gasteiger partial charge in [0, 0.05) is 19.5 Å². The lowest BCUT2D eigenvalue weighted by Crippen LogP contribution is -2.39. The number of carbonyl (C=O) groups excluding carboxylic acids is 1. The quantitative estimate of drug-likeness (QED) is 0.532. The van der Waals surface area contributed by atoms with Crippen LogP contribution >= 0.6 is 0 Å². The third-order valence-electron chi connectivity index (χ3n) is 2.02. The molecule has 3 N–H and O–H groups in total. The highest BCUT2D eigenvalue weighted by atomic mass is 16.4. The average Bonchev–Trinajstić information content (AvgIpc) is 2.31. The lowest BCUT2D eigenvalue weighted by molar-refractivity contribution is -0.147. The van der Waals surface area contributed by atoms with Gasteiger partial charge < -0.3 is 15.7 Å². The number of rotatable bonds is 1. The lowest BCUT2D eigenvalue weighted by atomic mass is 10.2. The van der Waals surface area contributed by atoms with E-state index in [0.29, 0.717) is 13.0 Å². The van der Waals surface area contributed by atoms with Crippen LogP contribution in [-0.2, 0) is 9.59 Å². The number of carbonyl (C=O) groups is 2. The van der Waals surface area contributed by atoms with Crippen molar-refractivity contribution in [2.75, 3.05) is 6.54 Å². The summed E-state index contributed by atoms with van der Waals surface area (Å²) < 4.78 is 0. The Hall–Kier alpha value is -1.10. The predicted molar refractivity (Wildman–Crippen MR) is 41.4 cm³/mol. The van der Waals surface area contributed by atoms with E-state index < -0.39 is 12.0 Å². The molecule has 1 aliphatic heterocycles. The molecule has 0 radical (unpaired) electrons. The second-order valence-electron chi connectivity index (χ2n) is 3.02. The maximum atomic E-state index is 10.9. The van der Waals surface area contributed by atoms with Crippen LogP contribution in [0.4, 0.5) is 0 Å². The van der Waals surface area contributed by atoms with Crippen molar-refractivity contribution in [3.63, 3.8) is 0 Å². The van der Waals surface area contributed by atoms with Gasteiger partial charge in [-0.25, -0.2) is 4.79 Å². The molecule has 0 aromatic rings. The summed E-state index contributed by atoms with van der Waals surface area (Å²) >= 11 is 0. The van der Waals surface area contributed by atoms with Crippen molar-refractivity contribution in [2.45, 2.75) is 25.4 Å². The molecule has 2 atom stereocenters. The molecule has 1 heterocycles. The van der Waals surface area contributed by atoms with Crippen molar-refractivity contribution < 1.29 is 14.7 Å². The molecule has 1 amide bonds. The van der Waals surface area contributed by atoms with Gasteiger partial charge in [0.15, 0.2) is 0 Å². The third kappa shape index (κ3) is 1.55. The van der Waals surface area contributed by atoms with Crippen LogP contribution in [0.5, 0.6) is 0 Å². The number of amides is 1. The second kappa shape index (κ2) is 3.10. The average molecular weight is 172 g/mol. The molecule has 0 spiro atoms. The second-order valence-corrected chi connectivity index (χ2v) is 3.02. The molecule has 0 aromatic carbocycles. The molecule has 1 rings (SSSR count). The molecule has 0 aromatic heterocycles. The van der Waals surface area contributed by atoms with Crippen molar-refractivity contribution in [2.24, 2.45) is 5.73 Å². The van der Waals surface area contributed by atoms with E-state index in [1.165, 1.54) is 11.8 Å². The minimum absolute atomic E-state index is 0.199. The summed E-state index contributed by atoms with van der Waals surface area (Å²) in [5.74, 6) is -1.20. The molecule has 12 heavy (non-hydrogen) atoms. The highest BCUT2D eigenvalue weighted by molar-refractivity contribution is 5.83. The SMILES string of the molecule is CC(=O)N1C[C@@H](N)C[C@H]1C(=O)O. The van der Waals surface area contributed by atoms with Crippen molar-refractivity contribution >= 4 is 11.9 Å². The van der Waals surface area contributed by atoms with Crippen LogP contribution in [0.15, 0.2) is 0 Å². The van der Waals surface area contributed by atoms with Crippen LogP contribution in [0.25, 0.3) is 0 Å². The molecule has 0 aliphatic carbocycles. The summed E-state index contributed by atoms with van der Waals surface area (Å²) in [5.41, 5.74) is 5.53. The summed E-state index contributed by atoms with van der Waals surface area (Å²) in [6.07, 6.45) is 0.356. The van der Waals surface area contributed by atoms with Gasteiger partial charge in [-0.2, -0.15) is 0 Å². The monoisotopic (exact) mass is 172 g/mol. The molecule has 0 saturated carbocycles. The molecule has 5 heteroatoms. The number of nitrogens with zero attached hydrogens (tertiary/aromatic N) is 1. The molecule has 1 fully saturated rings. The van der Waals surface area contributed by atoms with Crippen molar-refractivity contribution in [3.8, 4) is 0 Å². The number of nitrogens with two attached hydrogens (primary N) is 1. The zero-order chi connectivity index (χ0) is 9.30. The fourth-order valence-corrected chi connectivity index (χ4v) is 1.45. The molecule has 0 unspecified atom stereocenters. The first-order chi connectivity index (χ1) is 5.52. The van der Waals surface area contributed by atoms with E-state index >= 15 is 0 Å². The van der Waals surface area contributed by atoms with Crippen LogP contribution in [-0.4, -0.2) is 40.5 Å². The van der Waals surface area contributed by atoms with E-state index in [0.717, 1.165) is 0 Å². The number of likely N-dealkylation sites (tertiary alicyclic amines) is 1. The van der Waals surface area contributed by atoms with Crippen molar-refractivity contribution in [1.29, 1.82) is 0 Å². The molecule has 0 bridgehead atoms. The van der Waals surface area contributed by atoms with Crippen molar-refractivity contribution in [1.82, 2.24) is 4.90 Å². The van der Waals surface area contributed by atoms with Gasteiger partial charge in [-0.05, 0) is 6.42 Å².